The van der Waals surface area contributed by atoms with Gasteiger partial charge < -0.3 is 15.4 Å². The van der Waals surface area contributed by atoms with E-state index in [9.17, 15) is 9.18 Å². The van der Waals surface area contributed by atoms with Crippen LogP contribution in [0.5, 0.6) is 5.75 Å². The molecule has 0 radical (unpaired) electrons. The van der Waals surface area contributed by atoms with Gasteiger partial charge in [0.15, 0.2) is 0 Å². The number of H-pyrrole nitrogens is 1. The van der Waals surface area contributed by atoms with Crippen molar-refractivity contribution in [3.8, 4) is 5.75 Å². The van der Waals surface area contributed by atoms with E-state index in [-0.39, 0.29) is 23.8 Å². The summed E-state index contributed by atoms with van der Waals surface area (Å²) in [6, 6.07) is 11.3. The molecule has 106 valence electrons. The van der Waals surface area contributed by atoms with Gasteiger partial charge in [-0.1, -0.05) is 18.2 Å². The number of aromatic amines is 1. The van der Waals surface area contributed by atoms with E-state index in [0.29, 0.717) is 0 Å². The standard InChI is InChI=1S/C16H13FN2O2/c17-13-8-11(20)5-6-15(13)19-16(21)7-10-9-18-14-4-2-1-3-12(10)14/h1-6,8-9,18,20H,7H2,(H,19,21). The zero-order valence-corrected chi connectivity index (χ0v) is 11.1. The molecule has 1 heterocycles. The molecular formula is C16H13FN2O2. The molecule has 2 aromatic carbocycles. The maximum atomic E-state index is 13.6. The number of phenolic OH excluding ortho intramolecular Hbond substituents is 1. The van der Waals surface area contributed by atoms with E-state index >= 15 is 0 Å². The normalized spacial score (nSPS) is 10.7. The maximum Gasteiger partial charge on any atom is 0.228 e. The molecule has 0 aliphatic heterocycles. The summed E-state index contributed by atoms with van der Waals surface area (Å²) in [5, 5.41) is 12.6. The molecule has 0 saturated heterocycles. The second-order valence-electron chi connectivity index (χ2n) is 4.75. The summed E-state index contributed by atoms with van der Waals surface area (Å²) in [6.45, 7) is 0. The summed E-state index contributed by atoms with van der Waals surface area (Å²) >= 11 is 0. The molecule has 5 heteroatoms. The van der Waals surface area contributed by atoms with Crippen LogP contribution in [0.1, 0.15) is 5.56 Å². The summed E-state index contributed by atoms with van der Waals surface area (Å²) in [6.07, 6.45) is 1.92. The Morgan fingerprint density at radius 1 is 1.24 bits per heavy atom. The number of carbonyl (C=O) groups excluding carboxylic acids is 1. The lowest BCUT2D eigenvalue weighted by atomic mass is 10.1. The van der Waals surface area contributed by atoms with Crippen LogP contribution >= 0.6 is 0 Å². The number of hydrogen-bond donors (Lipinski definition) is 3. The molecular weight excluding hydrogens is 271 g/mol. The zero-order valence-electron chi connectivity index (χ0n) is 11.1. The van der Waals surface area contributed by atoms with Gasteiger partial charge in [0.1, 0.15) is 11.6 Å². The predicted molar refractivity (Wildman–Crippen MR) is 78.7 cm³/mol. The van der Waals surface area contributed by atoms with Crippen molar-refractivity contribution in [1.29, 1.82) is 0 Å². The Bertz CT molecular complexity index is 811. The van der Waals surface area contributed by atoms with Crippen molar-refractivity contribution in [3.05, 3.63) is 60.0 Å². The van der Waals surface area contributed by atoms with Gasteiger partial charge in [0.2, 0.25) is 5.91 Å². The van der Waals surface area contributed by atoms with Gasteiger partial charge in [-0.05, 0) is 23.8 Å². The number of aromatic nitrogens is 1. The van der Waals surface area contributed by atoms with Crippen LogP contribution in [-0.2, 0) is 11.2 Å². The van der Waals surface area contributed by atoms with Gasteiger partial charge in [-0.15, -0.1) is 0 Å². The second kappa shape index (κ2) is 5.28. The number of amides is 1. The number of halogens is 1. The monoisotopic (exact) mass is 284 g/mol. The lowest BCUT2D eigenvalue weighted by Gasteiger charge is -2.06. The molecule has 3 N–H and O–H groups in total. The van der Waals surface area contributed by atoms with Crippen molar-refractivity contribution in [3.63, 3.8) is 0 Å². The third kappa shape index (κ3) is 2.72. The van der Waals surface area contributed by atoms with Crippen molar-refractivity contribution >= 4 is 22.5 Å². The van der Waals surface area contributed by atoms with Gasteiger partial charge >= 0.3 is 0 Å². The van der Waals surface area contributed by atoms with Crippen LogP contribution in [0.4, 0.5) is 10.1 Å². The highest BCUT2D eigenvalue weighted by atomic mass is 19.1. The molecule has 0 saturated carbocycles. The number of anilines is 1. The van der Waals surface area contributed by atoms with Crippen molar-refractivity contribution in [2.45, 2.75) is 6.42 Å². The molecule has 0 aliphatic carbocycles. The van der Waals surface area contributed by atoms with Crippen molar-refractivity contribution in [1.82, 2.24) is 4.98 Å². The zero-order chi connectivity index (χ0) is 14.8. The molecule has 3 rings (SSSR count). The summed E-state index contributed by atoms with van der Waals surface area (Å²) in [5.41, 5.74) is 1.86. The number of fused-ring (bicyclic) bond motifs is 1. The lowest BCUT2D eigenvalue weighted by Crippen LogP contribution is -2.15. The van der Waals surface area contributed by atoms with E-state index in [1.165, 1.54) is 12.1 Å². The number of benzene rings is 2. The molecule has 3 aromatic rings. The second-order valence-corrected chi connectivity index (χ2v) is 4.75. The van der Waals surface area contributed by atoms with E-state index in [2.05, 4.69) is 10.3 Å². The molecule has 0 fully saturated rings. The fourth-order valence-corrected chi connectivity index (χ4v) is 2.25. The summed E-state index contributed by atoms with van der Waals surface area (Å²) < 4.78 is 13.6. The smallest absolute Gasteiger partial charge is 0.228 e. The quantitative estimate of drug-likeness (QED) is 0.647. The molecule has 0 unspecified atom stereocenters. The van der Waals surface area contributed by atoms with Gasteiger partial charge in [-0.25, -0.2) is 4.39 Å². The third-order valence-corrected chi connectivity index (χ3v) is 3.25. The molecule has 1 aromatic heterocycles. The Kier molecular flexibility index (Phi) is 3.31. The average molecular weight is 284 g/mol. The highest BCUT2D eigenvalue weighted by Crippen LogP contribution is 2.21. The fraction of sp³-hybridized carbons (Fsp3) is 0.0625. The maximum absolute atomic E-state index is 13.6. The first-order chi connectivity index (χ1) is 10.1. The van der Waals surface area contributed by atoms with E-state index in [0.717, 1.165) is 22.5 Å². The van der Waals surface area contributed by atoms with Crippen LogP contribution < -0.4 is 5.32 Å². The van der Waals surface area contributed by atoms with Gasteiger partial charge in [-0.3, -0.25) is 4.79 Å². The van der Waals surface area contributed by atoms with Crippen LogP contribution in [0, 0.1) is 5.82 Å². The van der Waals surface area contributed by atoms with Crippen LogP contribution in [0.25, 0.3) is 10.9 Å². The molecule has 0 atom stereocenters. The molecule has 4 nitrogen and oxygen atoms in total. The number of nitrogens with one attached hydrogen (secondary N) is 2. The summed E-state index contributed by atoms with van der Waals surface area (Å²) in [4.78, 5) is 15.1. The molecule has 21 heavy (non-hydrogen) atoms. The van der Waals surface area contributed by atoms with Crippen LogP contribution in [0.2, 0.25) is 0 Å². The summed E-state index contributed by atoms with van der Waals surface area (Å²) in [5.74, 6) is -1.16. The lowest BCUT2D eigenvalue weighted by molar-refractivity contribution is -0.115. The first-order valence-electron chi connectivity index (χ1n) is 6.47. The fourth-order valence-electron chi connectivity index (χ4n) is 2.25. The predicted octanol–water partition coefficient (Wildman–Crippen LogP) is 3.19. The first kappa shape index (κ1) is 13.2. The van der Waals surface area contributed by atoms with Gasteiger partial charge in [0, 0.05) is 23.2 Å². The van der Waals surface area contributed by atoms with Crippen LogP contribution in [0.3, 0.4) is 0 Å². The largest absolute Gasteiger partial charge is 0.508 e. The first-order valence-corrected chi connectivity index (χ1v) is 6.47. The van der Waals surface area contributed by atoms with E-state index in [4.69, 9.17) is 5.11 Å². The highest BCUT2D eigenvalue weighted by Gasteiger charge is 2.11. The van der Waals surface area contributed by atoms with Crippen molar-refractivity contribution in [2.75, 3.05) is 5.32 Å². The number of hydrogen-bond acceptors (Lipinski definition) is 2. The third-order valence-electron chi connectivity index (χ3n) is 3.25. The van der Waals surface area contributed by atoms with Gasteiger partial charge in [-0.2, -0.15) is 0 Å². The minimum Gasteiger partial charge on any atom is -0.508 e. The Hall–Kier alpha value is -2.82. The number of para-hydroxylation sites is 1. The Labute approximate surface area is 120 Å². The molecule has 0 aliphatic rings. The van der Waals surface area contributed by atoms with E-state index in [1.54, 1.807) is 6.20 Å². The number of phenols is 1. The van der Waals surface area contributed by atoms with Crippen LogP contribution in [-0.4, -0.2) is 16.0 Å². The van der Waals surface area contributed by atoms with Crippen molar-refractivity contribution in [2.24, 2.45) is 0 Å². The Balaban J connectivity index is 1.77. The molecule has 0 bridgehead atoms. The van der Waals surface area contributed by atoms with Gasteiger partial charge in [0.25, 0.3) is 0 Å². The average Bonchev–Trinajstić information content (AvgIpc) is 2.85. The molecule has 0 spiro atoms. The van der Waals surface area contributed by atoms with Crippen LogP contribution in [0.15, 0.2) is 48.7 Å². The van der Waals surface area contributed by atoms with Gasteiger partial charge in [0.05, 0.1) is 12.1 Å². The summed E-state index contributed by atoms with van der Waals surface area (Å²) in [7, 11) is 0. The minimum absolute atomic E-state index is 0.0534. The minimum atomic E-state index is -0.665. The van der Waals surface area contributed by atoms with E-state index in [1.807, 2.05) is 24.3 Å². The SMILES string of the molecule is O=C(Cc1c[nH]c2ccccc12)Nc1ccc(O)cc1F. The van der Waals surface area contributed by atoms with E-state index < -0.39 is 5.82 Å². The topological polar surface area (TPSA) is 65.1 Å². The Morgan fingerprint density at radius 3 is 2.86 bits per heavy atom. The number of carbonyl (C=O) groups is 1. The Morgan fingerprint density at radius 2 is 2.05 bits per heavy atom. The number of aromatic hydroxyl groups is 1. The van der Waals surface area contributed by atoms with Crippen molar-refractivity contribution < 1.29 is 14.3 Å². The number of rotatable bonds is 3. The highest BCUT2D eigenvalue weighted by molar-refractivity contribution is 5.95. The molecule has 1 amide bonds.